The Labute approximate surface area is 155 Å². The first-order chi connectivity index (χ1) is 13.0. The molecule has 0 spiro atoms. The van der Waals surface area contributed by atoms with Crippen molar-refractivity contribution < 1.29 is 19.1 Å². The van der Waals surface area contributed by atoms with Crippen molar-refractivity contribution in [3.8, 4) is 5.69 Å². The Hall–Kier alpha value is -2.96. The number of carbonyl (C=O) groups is 2. The molecule has 6 nitrogen and oxygen atoms in total. The molecule has 1 heterocycles. The number of aryl methyl sites for hydroxylation is 1. The van der Waals surface area contributed by atoms with Crippen LogP contribution in [-0.4, -0.2) is 26.5 Å². The molecule has 2 bridgehead atoms. The molecule has 2 N–H and O–H groups in total. The van der Waals surface area contributed by atoms with Crippen LogP contribution in [0.4, 0.5) is 4.39 Å². The molecule has 2 aliphatic rings. The van der Waals surface area contributed by atoms with Crippen molar-refractivity contribution in [2.24, 2.45) is 23.7 Å². The molecule has 1 amide bonds. The van der Waals surface area contributed by atoms with Crippen LogP contribution >= 0.6 is 0 Å². The van der Waals surface area contributed by atoms with Gasteiger partial charge in [-0.1, -0.05) is 18.2 Å². The molecule has 1 saturated carbocycles. The van der Waals surface area contributed by atoms with Crippen molar-refractivity contribution in [1.82, 2.24) is 14.9 Å². The Bertz CT molecular complexity index is 936. The van der Waals surface area contributed by atoms with Gasteiger partial charge >= 0.3 is 5.97 Å². The van der Waals surface area contributed by atoms with Crippen molar-refractivity contribution in [1.29, 1.82) is 0 Å². The highest BCUT2D eigenvalue weighted by Crippen LogP contribution is 2.48. The molecule has 1 aromatic heterocycles. The van der Waals surface area contributed by atoms with Crippen molar-refractivity contribution in [2.45, 2.75) is 19.9 Å². The molecule has 4 atom stereocenters. The molecule has 1 fully saturated rings. The predicted octanol–water partition coefficient (Wildman–Crippen LogP) is 2.46. The fraction of sp³-hybridized carbons (Fsp3) is 0.350. The van der Waals surface area contributed by atoms with Crippen molar-refractivity contribution >= 4 is 11.9 Å². The summed E-state index contributed by atoms with van der Waals surface area (Å²) in [6.07, 6.45) is 7.84. The summed E-state index contributed by atoms with van der Waals surface area (Å²) in [6.45, 7) is 1.94. The highest BCUT2D eigenvalue weighted by Gasteiger charge is 2.51. The zero-order valence-corrected chi connectivity index (χ0v) is 14.8. The maximum Gasteiger partial charge on any atom is 0.307 e. The summed E-state index contributed by atoms with van der Waals surface area (Å²) in [4.78, 5) is 28.2. The van der Waals surface area contributed by atoms with Crippen LogP contribution in [-0.2, 0) is 16.1 Å². The number of allylic oxidation sites excluding steroid dienone is 2. The van der Waals surface area contributed by atoms with Gasteiger partial charge in [0.1, 0.15) is 11.6 Å². The Balaban J connectivity index is 1.45. The number of hydrogen-bond acceptors (Lipinski definition) is 3. The van der Waals surface area contributed by atoms with Crippen molar-refractivity contribution in [3.05, 3.63) is 59.9 Å². The van der Waals surface area contributed by atoms with E-state index in [0.29, 0.717) is 23.5 Å². The first kappa shape index (κ1) is 17.5. The van der Waals surface area contributed by atoms with Gasteiger partial charge in [0.15, 0.2) is 0 Å². The largest absolute Gasteiger partial charge is 0.481 e. The van der Waals surface area contributed by atoms with Crippen LogP contribution in [0.2, 0.25) is 0 Å². The minimum atomic E-state index is -0.932. The predicted molar refractivity (Wildman–Crippen MR) is 95.5 cm³/mol. The number of rotatable bonds is 5. The van der Waals surface area contributed by atoms with E-state index in [1.807, 2.05) is 12.2 Å². The van der Waals surface area contributed by atoms with Crippen LogP contribution in [0.1, 0.15) is 17.8 Å². The summed E-state index contributed by atoms with van der Waals surface area (Å²) in [5.74, 6) is -2.28. The lowest BCUT2D eigenvalue weighted by molar-refractivity contribution is -0.147. The SMILES string of the molecule is Cc1nccn1-c1ccc(CNC(=O)[C@@H]2[C@@H](C(=O)O)[C@H]3C=C[C@H]2C3)cc1F. The molecule has 1 aromatic carbocycles. The molecule has 0 radical (unpaired) electrons. The van der Waals surface area contributed by atoms with E-state index in [9.17, 15) is 19.1 Å². The van der Waals surface area contributed by atoms with E-state index in [2.05, 4.69) is 10.3 Å². The summed E-state index contributed by atoms with van der Waals surface area (Å²) in [7, 11) is 0. The minimum absolute atomic E-state index is 0.0283. The third-order valence-electron chi connectivity index (χ3n) is 5.61. The Morgan fingerprint density at radius 2 is 2.04 bits per heavy atom. The van der Waals surface area contributed by atoms with E-state index in [0.717, 1.165) is 0 Å². The molecule has 7 heteroatoms. The first-order valence-electron chi connectivity index (χ1n) is 8.93. The number of amides is 1. The normalized spacial score (nSPS) is 25.7. The molecule has 0 saturated heterocycles. The first-order valence-corrected chi connectivity index (χ1v) is 8.93. The number of imidazole rings is 1. The maximum absolute atomic E-state index is 14.5. The summed E-state index contributed by atoms with van der Waals surface area (Å²) >= 11 is 0. The lowest BCUT2D eigenvalue weighted by Gasteiger charge is -2.23. The van der Waals surface area contributed by atoms with E-state index in [-0.39, 0.29) is 24.3 Å². The number of nitrogens with one attached hydrogen (secondary N) is 1. The van der Waals surface area contributed by atoms with Crippen molar-refractivity contribution in [3.63, 3.8) is 0 Å². The van der Waals surface area contributed by atoms with Gasteiger partial charge in [-0.15, -0.1) is 0 Å². The number of fused-ring (bicyclic) bond motifs is 2. The van der Waals surface area contributed by atoms with E-state index in [1.54, 1.807) is 36.0 Å². The number of carboxylic acids is 1. The van der Waals surface area contributed by atoms with Gasteiger partial charge in [-0.25, -0.2) is 9.37 Å². The second-order valence-corrected chi connectivity index (χ2v) is 7.19. The number of aliphatic carboxylic acids is 1. The molecular formula is C20H20FN3O3. The van der Waals surface area contributed by atoms with Gasteiger partial charge in [0.05, 0.1) is 17.5 Å². The Morgan fingerprint density at radius 1 is 1.30 bits per heavy atom. The van der Waals surface area contributed by atoms with Gasteiger partial charge in [0.2, 0.25) is 5.91 Å². The molecule has 0 aliphatic heterocycles. The number of carboxylic acid groups (broad SMARTS) is 1. The third kappa shape index (κ3) is 3.03. The summed E-state index contributed by atoms with van der Waals surface area (Å²) in [5.41, 5.74) is 1.01. The van der Waals surface area contributed by atoms with Crippen LogP contribution in [0.25, 0.3) is 5.69 Å². The smallest absolute Gasteiger partial charge is 0.307 e. The number of carbonyl (C=O) groups excluding carboxylic acids is 1. The molecule has 0 unspecified atom stereocenters. The van der Waals surface area contributed by atoms with E-state index in [1.165, 1.54) is 6.07 Å². The summed E-state index contributed by atoms with van der Waals surface area (Å²) < 4.78 is 16.1. The van der Waals surface area contributed by atoms with Gasteiger partial charge in [-0.2, -0.15) is 0 Å². The zero-order valence-electron chi connectivity index (χ0n) is 14.8. The quantitative estimate of drug-likeness (QED) is 0.793. The topological polar surface area (TPSA) is 84.2 Å². The van der Waals surface area contributed by atoms with Gasteiger partial charge < -0.3 is 15.0 Å². The van der Waals surface area contributed by atoms with Crippen LogP contribution < -0.4 is 5.32 Å². The summed E-state index contributed by atoms with van der Waals surface area (Å²) in [5, 5.41) is 12.2. The molecule has 27 heavy (non-hydrogen) atoms. The van der Waals surface area contributed by atoms with Gasteiger partial charge in [-0.05, 0) is 42.9 Å². The summed E-state index contributed by atoms with van der Waals surface area (Å²) in [6, 6.07) is 4.77. The maximum atomic E-state index is 14.5. The lowest BCUT2D eigenvalue weighted by Crippen LogP contribution is -2.39. The van der Waals surface area contributed by atoms with Crippen LogP contribution in [0.5, 0.6) is 0 Å². The third-order valence-corrected chi connectivity index (χ3v) is 5.61. The molecule has 2 aromatic rings. The number of aromatic nitrogens is 2. The Morgan fingerprint density at radius 3 is 2.67 bits per heavy atom. The average molecular weight is 369 g/mol. The second-order valence-electron chi connectivity index (χ2n) is 7.19. The molecular weight excluding hydrogens is 349 g/mol. The number of halogens is 1. The minimum Gasteiger partial charge on any atom is -0.481 e. The average Bonchev–Trinajstić information content (AvgIpc) is 3.35. The fourth-order valence-electron chi connectivity index (χ4n) is 4.31. The highest BCUT2D eigenvalue weighted by atomic mass is 19.1. The Kier molecular flexibility index (Phi) is 4.30. The van der Waals surface area contributed by atoms with Gasteiger partial charge in [0, 0.05) is 18.9 Å². The highest BCUT2D eigenvalue weighted by molar-refractivity contribution is 5.86. The monoisotopic (exact) mass is 369 g/mol. The van der Waals surface area contributed by atoms with E-state index < -0.39 is 23.6 Å². The van der Waals surface area contributed by atoms with Gasteiger partial charge in [0.25, 0.3) is 0 Å². The van der Waals surface area contributed by atoms with E-state index >= 15 is 0 Å². The zero-order chi connectivity index (χ0) is 19.1. The number of benzene rings is 1. The van der Waals surface area contributed by atoms with Crippen LogP contribution in [0.15, 0.2) is 42.7 Å². The fourth-order valence-corrected chi connectivity index (χ4v) is 4.31. The van der Waals surface area contributed by atoms with Gasteiger partial charge in [-0.3, -0.25) is 9.59 Å². The number of hydrogen-bond donors (Lipinski definition) is 2. The molecule has 140 valence electrons. The van der Waals surface area contributed by atoms with Crippen molar-refractivity contribution in [2.75, 3.05) is 0 Å². The lowest BCUT2D eigenvalue weighted by atomic mass is 9.82. The number of nitrogens with zero attached hydrogens (tertiary/aromatic N) is 2. The van der Waals surface area contributed by atoms with Crippen LogP contribution in [0.3, 0.4) is 0 Å². The molecule has 2 aliphatic carbocycles. The molecule has 4 rings (SSSR count). The van der Waals surface area contributed by atoms with Crippen LogP contribution in [0, 0.1) is 36.4 Å². The van der Waals surface area contributed by atoms with E-state index in [4.69, 9.17) is 0 Å². The standard InChI is InChI=1S/C20H20FN3O3/c1-11-22-6-7-24(11)16-5-2-12(8-15(16)21)10-23-19(25)17-13-3-4-14(9-13)18(17)20(26)27/h2-8,13-14,17-18H,9-10H2,1H3,(H,23,25)(H,26,27)/t13-,14-,17-,18-/m0/s1. The second kappa shape index (κ2) is 6.64.